The summed E-state index contributed by atoms with van der Waals surface area (Å²) in [6.07, 6.45) is 1.18. The van der Waals surface area contributed by atoms with Gasteiger partial charge < -0.3 is 4.74 Å². The minimum atomic E-state index is -0.272. The topological polar surface area (TPSA) is 26.3 Å². The molecular weight excluding hydrogens is 224 g/mol. The molecule has 0 N–H and O–H groups in total. The average molecular weight is 248 g/mol. The van der Waals surface area contributed by atoms with Gasteiger partial charge in [-0.05, 0) is 41.9 Å². The molecule has 0 saturated heterocycles. The first-order chi connectivity index (χ1) is 8.45. The van der Waals surface area contributed by atoms with Crippen LogP contribution in [0.2, 0.25) is 0 Å². The molecular formula is C16H24O2. The Balaban J connectivity index is 2.90. The van der Waals surface area contributed by atoms with Gasteiger partial charge in [-0.2, -0.15) is 0 Å². The van der Waals surface area contributed by atoms with E-state index in [0.717, 1.165) is 0 Å². The second-order valence-electron chi connectivity index (χ2n) is 5.59. The highest BCUT2D eigenvalue weighted by Crippen LogP contribution is 2.31. The van der Waals surface area contributed by atoms with Crippen molar-refractivity contribution in [2.75, 3.05) is 7.11 Å². The summed E-state index contributed by atoms with van der Waals surface area (Å²) in [6, 6.07) is 7.83. The van der Waals surface area contributed by atoms with E-state index in [-0.39, 0.29) is 5.97 Å². The fraction of sp³-hybridized carbons (Fsp3) is 0.562. The lowest BCUT2D eigenvalue weighted by atomic mass is 9.82. The molecule has 2 heteroatoms. The fourth-order valence-electron chi connectivity index (χ4n) is 2.29. The van der Waals surface area contributed by atoms with Crippen molar-refractivity contribution in [3.05, 3.63) is 35.4 Å². The average Bonchev–Trinajstić information content (AvgIpc) is 2.34. The van der Waals surface area contributed by atoms with Crippen molar-refractivity contribution < 1.29 is 9.53 Å². The molecule has 0 amide bonds. The Labute approximate surface area is 110 Å². The van der Waals surface area contributed by atoms with Crippen LogP contribution in [0.1, 0.15) is 56.0 Å². The summed E-state index contributed by atoms with van der Waals surface area (Å²) in [5.41, 5.74) is 1.93. The first-order valence-electron chi connectivity index (χ1n) is 6.64. The molecule has 1 atom stereocenters. The van der Waals surface area contributed by atoms with E-state index < -0.39 is 0 Å². The summed E-state index contributed by atoms with van der Waals surface area (Å²) < 4.78 is 4.71. The summed E-state index contributed by atoms with van der Waals surface area (Å²) in [4.78, 5) is 11.4. The third-order valence-electron chi connectivity index (χ3n) is 3.29. The van der Waals surface area contributed by atoms with Gasteiger partial charge in [0.05, 0.1) is 12.7 Å². The van der Waals surface area contributed by atoms with Crippen molar-refractivity contribution in [1.29, 1.82) is 0 Å². The van der Waals surface area contributed by atoms with E-state index >= 15 is 0 Å². The number of benzene rings is 1. The molecule has 0 fully saturated rings. The second kappa shape index (κ2) is 6.58. The first-order valence-corrected chi connectivity index (χ1v) is 6.64. The van der Waals surface area contributed by atoms with Crippen LogP contribution in [0.3, 0.4) is 0 Å². The van der Waals surface area contributed by atoms with Crippen molar-refractivity contribution in [3.8, 4) is 0 Å². The van der Waals surface area contributed by atoms with Crippen LogP contribution in [0.4, 0.5) is 0 Å². The highest BCUT2D eigenvalue weighted by Gasteiger charge is 2.17. The Hall–Kier alpha value is -1.31. The molecule has 0 heterocycles. The van der Waals surface area contributed by atoms with Crippen LogP contribution < -0.4 is 0 Å². The van der Waals surface area contributed by atoms with Gasteiger partial charge in [-0.1, -0.05) is 39.8 Å². The van der Waals surface area contributed by atoms with Crippen LogP contribution in [-0.4, -0.2) is 13.1 Å². The minimum Gasteiger partial charge on any atom is -0.465 e. The highest BCUT2D eigenvalue weighted by molar-refractivity contribution is 5.89. The normalized spacial score (nSPS) is 12.8. The summed E-state index contributed by atoms with van der Waals surface area (Å²) in [6.45, 7) is 9.00. The number of hydrogen-bond acceptors (Lipinski definition) is 2. The van der Waals surface area contributed by atoms with Gasteiger partial charge in [0.1, 0.15) is 0 Å². The zero-order valence-corrected chi connectivity index (χ0v) is 12.1. The zero-order chi connectivity index (χ0) is 13.7. The summed E-state index contributed by atoms with van der Waals surface area (Å²) >= 11 is 0. The lowest BCUT2D eigenvalue weighted by Gasteiger charge is -2.23. The van der Waals surface area contributed by atoms with E-state index in [2.05, 4.69) is 39.8 Å². The van der Waals surface area contributed by atoms with Crippen LogP contribution in [0.15, 0.2) is 24.3 Å². The molecule has 0 bridgehead atoms. The Morgan fingerprint density at radius 1 is 1.11 bits per heavy atom. The number of methoxy groups -OCH3 is 1. The second-order valence-corrected chi connectivity index (χ2v) is 5.59. The van der Waals surface area contributed by atoms with E-state index in [1.807, 2.05) is 12.1 Å². The molecule has 100 valence electrons. The Kier molecular flexibility index (Phi) is 5.39. The SMILES string of the molecule is COC(=O)c1ccc(C(CC(C)C)C(C)C)cc1. The molecule has 0 saturated carbocycles. The third kappa shape index (κ3) is 3.86. The van der Waals surface area contributed by atoms with Gasteiger partial charge in [-0.15, -0.1) is 0 Å². The highest BCUT2D eigenvalue weighted by atomic mass is 16.5. The molecule has 1 unspecified atom stereocenters. The zero-order valence-electron chi connectivity index (χ0n) is 12.1. The Bertz CT molecular complexity index is 377. The van der Waals surface area contributed by atoms with Crippen LogP contribution in [0.25, 0.3) is 0 Å². The number of esters is 1. The van der Waals surface area contributed by atoms with E-state index in [1.54, 1.807) is 0 Å². The smallest absolute Gasteiger partial charge is 0.337 e. The Morgan fingerprint density at radius 3 is 2.06 bits per heavy atom. The maximum absolute atomic E-state index is 11.4. The van der Waals surface area contributed by atoms with Crippen molar-refractivity contribution in [2.45, 2.75) is 40.0 Å². The van der Waals surface area contributed by atoms with E-state index in [4.69, 9.17) is 4.74 Å². The molecule has 0 aliphatic rings. The monoisotopic (exact) mass is 248 g/mol. The lowest BCUT2D eigenvalue weighted by molar-refractivity contribution is 0.0600. The van der Waals surface area contributed by atoms with E-state index in [1.165, 1.54) is 19.1 Å². The van der Waals surface area contributed by atoms with Crippen LogP contribution in [0.5, 0.6) is 0 Å². The van der Waals surface area contributed by atoms with Gasteiger partial charge >= 0.3 is 5.97 Å². The van der Waals surface area contributed by atoms with Gasteiger partial charge in [-0.3, -0.25) is 0 Å². The van der Waals surface area contributed by atoms with Gasteiger partial charge in [0.2, 0.25) is 0 Å². The minimum absolute atomic E-state index is 0.272. The van der Waals surface area contributed by atoms with Crippen molar-refractivity contribution in [1.82, 2.24) is 0 Å². The number of carbonyl (C=O) groups is 1. The third-order valence-corrected chi connectivity index (χ3v) is 3.29. The molecule has 2 nitrogen and oxygen atoms in total. The number of hydrogen-bond donors (Lipinski definition) is 0. The van der Waals surface area contributed by atoms with Crippen molar-refractivity contribution in [3.63, 3.8) is 0 Å². The van der Waals surface area contributed by atoms with Gasteiger partial charge in [0.15, 0.2) is 0 Å². The predicted molar refractivity (Wildman–Crippen MR) is 74.8 cm³/mol. The summed E-state index contributed by atoms with van der Waals surface area (Å²) in [7, 11) is 1.41. The van der Waals surface area contributed by atoms with Crippen LogP contribution >= 0.6 is 0 Å². The number of ether oxygens (including phenoxy) is 1. The van der Waals surface area contributed by atoms with Gasteiger partial charge in [-0.25, -0.2) is 4.79 Å². The van der Waals surface area contributed by atoms with E-state index in [0.29, 0.717) is 23.3 Å². The maximum atomic E-state index is 11.4. The molecule has 1 rings (SSSR count). The maximum Gasteiger partial charge on any atom is 0.337 e. The first kappa shape index (κ1) is 14.7. The van der Waals surface area contributed by atoms with Crippen molar-refractivity contribution >= 4 is 5.97 Å². The fourth-order valence-corrected chi connectivity index (χ4v) is 2.29. The number of carbonyl (C=O) groups excluding carboxylic acids is 1. The van der Waals surface area contributed by atoms with Gasteiger partial charge in [0, 0.05) is 0 Å². The van der Waals surface area contributed by atoms with Crippen LogP contribution in [-0.2, 0) is 4.74 Å². The van der Waals surface area contributed by atoms with Crippen LogP contribution in [0, 0.1) is 11.8 Å². The lowest BCUT2D eigenvalue weighted by Crippen LogP contribution is -2.10. The standard InChI is InChI=1S/C16H24O2/c1-11(2)10-15(12(3)4)13-6-8-14(9-7-13)16(17)18-5/h6-9,11-12,15H,10H2,1-5H3. The molecule has 0 radical (unpaired) electrons. The Morgan fingerprint density at radius 2 is 1.67 bits per heavy atom. The number of rotatable bonds is 5. The molecule has 0 spiro atoms. The van der Waals surface area contributed by atoms with E-state index in [9.17, 15) is 4.79 Å². The summed E-state index contributed by atoms with van der Waals surface area (Å²) in [5, 5.41) is 0. The predicted octanol–water partition coefficient (Wildman–Crippen LogP) is 4.26. The largest absolute Gasteiger partial charge is 0.465 e. The molecule has 1 aromatic rings. The molecule has 1 aromatic carbocycles. The molecule has 0 aliphatic heterocycles. The molecule has 18 heavy (non-hydrogen) atoms. The summed E-state index contributed by atoms with van der Waals surface area (Å²) in [5.74, 6) is 1.57. The molecule has 0 aromatic heterocycles. The van der Waals surface area contributed by atoms with Gasteiger partial charge in [0.25, 0.3) is 0 Å². The quantitative estimate of drug-likeness (QED) is 0.728. The molecule has 0 aliphatic carbocycles. The van der Waals surface area contributed by atoms with Crippen molar-refractivity contribution in [2.24, 2.45) is 11.8 Å².